The Bertz CT molecular complexity index is 555. The lowest BCUT2D eigenvalue weighted by molar-refractivity contribution is 0.506. The van der Waals surface area contributed by atoms with Crippen molar-refractivity contribution in [2.75, 3.05) is 0 Å². The van der Waals surface area contributed by atoms with Gasteiger partial charge in [0.1, 0.15) is 0 Å². The van der Waals surface area contributed by atoms with Gasteiger partial charge in [-0.2, -0.15) is 0 Å². The summed E-state index contributed by atoms with van der Waals surface area (Å²) in [5.41, 5.74) is 8.47. The first-order valence-electron chi connectivity index (χ1n) is 5.69. The molecule has 2 N–H and O–H groups in total. The van der Waals surface area contributed by atoms with Gasteiger partial charge in [-0.05, 0) is 42.7 Å². The molecule has 0 saturated heterocycles. The summed E-state index contributed by atoms with van der Waals surface area (Å²) in [7, 11) is 0. The molecule has 0 bridgehead atoms. The Balaban J connectivity index is 2.19. The van der Waals surface area contributed by atoms with E-state index in [1.807, 2.05) is 19.1 Å². The summed E-state index contributed by atoms with van der Waals surface area (Å²) in [5.74, 6) is -1.70. The van der Waals surface area contributed by atoms with Crippen molar-refractivity contribution in [2.45, 2.75) is 19.4 Å². The Hall–Kier alpha value is -1.81. The minimum atomic E-state index is -0.850. The molecule has 0 radical (unpaired) electrons. The van der Waals surface area contributed by atoms with E-state index in [-0.39, 0.29) is 6.04 Å². The number of benzene rings is 1. The van der Waals surface area contributed by atoms with Crippen LogP contribution in [0.3, 0.4) is 0 Å². The maximum atomic E-state index is 13.1. The molecule has 4 heteroatoms. The molecule has 18 heavy (non-hydrogen) atoms. The minimum absolute atomic E-state index is 0.323. The van der Waals surface area contributed by atoms with Gasteiger partial charge in [0.05, 0.1) is 11.7 Å². The Labute approximate surface area is 104 Å². The van der Waals surface area contributed by atoms with E-state index in [2.05, 4.69) is 4.98 Å². The summed E-state index contributed by atoms with van der Waals surface area (Å²) >= 11 is 0. The lowest BCUT2D eigenvalue weighted by Gasteiger charge is -2.13. The van der Waals surface area contributed by atoms with Crippen molar-refractivity contribution in [2.24, 2.45) is 5.73 Å². The molecule has 1 aromatic heterocycles. The van der Waals surface area contributed by atoms with Crippen LogP contribution in [0.25, 0.3) is 0 Å². The van der Waals surface area contributed by atoms with Crippen LogP contribution in [-0.4, -0.2) is 4.98 Å². The summed E-state index contributed by atoms with van der Waals surface area (Å²) in [5, 5.41) is 0. The Morgan fingerprint density at radius 2 is 2.00 bits per heavy atom. The Morgan fingerprint density at radius 1 is 1.22 bits per heavy atom. The van der Waals surface area contributed by atoms with Gasteiger partial charge in [0.15, 0.2) is 11.6 Å². The van der Waals surface area contributed by atoms with Gasteiger partial charge in [-0.25, -0.2) is 8.78 Å². The van der Waals surface area contributed by atoms with Crippen LogP contribution < -0.4 is 5.73 Å². The molecule has 0 aliphatic carbocycles. The van der Waals surface area contributed by atoms with Gasteiger partial charge in [-0.3, -0.25) is 4.98 Å². The first-order valence-corrected chi connectivity index (χ1v) is 5.69. The first-order chi connectivity index (χ1) is 8.58. The largest absolute Gasteiger partial charge is 0.322 e. The zero-order valence-corrected chi connectivity index (χ0v) is 10.0. The monoisotopic (exact) mass is 248 g/mol. The molecule has 0 aliphatic rings. The SMILES string of the molecule is Cc1cccnc1C(N)Cc1ccc(F)c(F)c1. The predicted octanol–water partition coefficient (Wildman–Crippen LogP) is 2.91. The van der Waals surface area contributed by atoms with E-state index < -0.39 is 11.6 Å². The average molecular weight is 248 g/mol. The highest BCUT2D eigenvalue weighted by Gasteiger charge is 2.12. The summed E-state index contributed by atoms with van der Waals surface area (Å²) in [6.07, 6.45) is 2.10. The van der Waals surface area contributed by atoms with E-state index in [9.17, 15) is 8.78 Å². The van der Waals surface area contributed by atoms with Gasteiger partial charge in [0.2, 0.25) is 0 Å². The molecule has 0 aliphatic heterocycles. The number of pyridine rings is 1. The highest BCUT2D eigenvalue weighted by atomic mass is 19.2. The smallest absolute Gasteiger partial charge is 0.159 e. The van der Waals surface area contributed by atoms with Gasteiger partial charge in [0, 0.05) is 6.20 Å². The van der Waals surface area contributed by atoms with Crippen LogP contribution in [0.1, 0.15) is 22.9 Å². The van der Waals surface area contributed by atoms with Gasteiger partial charge in [0.25, 0.3) is 0 Å². The van der Waals surface area contributed by atoms with Crippen LogP contribution in [0.2, 0.25) is 0 Å². The van der Waals surface area contributed by atoms with Crippen molar-refractivity contribution < 1.29 is 8.78 Å². The molecular formula is C14H14F2N2. The highest BCUT2D eigenvalue weighted by molar-refractivity contribution is 5.25. The molecule has 2 rings (SSSR count). The summed E-state index contributed by atoms with van der Waals surface area (Å²) in [6, 6.07) is 7.26. The van der Waals surface area contributed by atoms with Gasteiger partial charge in [-0.1, -0.05) is 12.1 Å². The molecule has 0 fully saturated rings. The van der Waals surface area contributed by atoms with E-state index >= 15 is 0 Å². The third kappa shape index (κ3) is 2.71. The van der Waals surface area contributed by atoms with E-state index in [4.69, 9.17) is 5.73 Å². The fraction of sp³-hybridized carbons (Fsp3) is 0.214. The average Bonchev–Trinajstić information content (AvgIpc) is 2.34. The second-order valence-corrected chi connectivity index (χ2v) is 4.26. The number of hydrogen-bond donors (Lipinski definition) is 1. The zero-order valence-electron chi connectivity index (χ0n) is 10.0. The third-order valence-electron chi connectivity index (χ3n) is 2.84. The number of aryl methyl sites for hydroxylation is 1. The number of aromatic nitrogens is 1. The van der Waals surface area contributed by atoms with E-state index in [0.717, 1.165) is 17.3 Å². The molecule has 1 heterocycles. The number of rotatable bonds is 3. The summed E-state index contributed by atoms with van der Waals surface area (Å²) in [6.45, 7) is 1.92. The zero-order chi connectivity index (χ0) is 13.1. The normalized spacial score (nSPS) is 12.4. The topological polar surface area (TPSA) is 38.9 Å². The van der Waals surface area contributed by atoms with Crippen molar-refractivity contribution in [1.82, 2.24) is 4.98 Å². The molecule has 0 amide bonds. The molecule has 1 unspecified atom stereocenters. The number of nitrogens with two attached hydrogens (primary N) is 1. The second-order valence-electron chi connectivity index (χ2n) is 4.26. The molecule has 94 valence electrons. The molecule has 2 nitrogen and oxygen atoms in total. The Morgan fingerprint density at radius 3 is 2.67 bits per heavy atom. The van der Waals surface area contributed by atoms with Crippen molar-refractivity contribution in [3.8, 4) is 0 Å². The van der Waals surface area contributed by atoms with Gasteiger partial charge in [-0.15, -0.1) is 0 Å². The van der Waals surface area contributed by atoms with E-state index in [1.54, 1.807) is 6.20 Å². The maximum absolute atomic E-state index is 13.1. The van der Waals surface area contributed by atoms with Gasteiger partial charge < -0.3 is 5.73 Å². The lowest BCUT2D eigenvalue weighted by atomic mass is 10.0. The predicted molar refractivity (Wildman–Crippen MR) is 66.0 cm³/mol. The molecule has 0 spiro atoms. The molecule has 2 aromatic rings. The van der Waals surface area contributed by atoms with Crippen LogP contribution in [0.4, 0.5) is 8.78 Å². The number of halogens is 2. The quantitative estimate of drug-likeness (QED) is 0.907. The lowest BCUT2D eigenvalue weighted by Crippen LogP contribution is -2.16. The molecule has 1 atom stereocenters. The number of nitrogens with zero attached hydrogens (tertiary/aromatic N) is 1. The molecular weight excluding hydrogens is 234 g/mol. The standard InChI is InChI=1S/C14H14F2N2/c1-9-3-2-6-18-14(9)13(17)8-10-4-5-11(15)12(16)7-10/h2-7,13H,8,17H2,1H3. The summed E-state index contributed by atoms with van der Waals surface area (Å²) < 4.78 is 25.9. The van der Waals surface area contributed by atoms with Gasteiger partial charge >= 0.3 is 0 Å². The summed E-state index contributed by atoms with van der Waals surface area (Å²) in [4.78, 5) is 4.22. The van der Waals surface area contributed by atoms with E-state index in [1.165, 1.54) is 12.1 Å². The maximum Gasteiger partial charge on any atom is 0.159 e. The fourth-order valence-corrected chi connectivity index (χ4v) is 1.90. The van der Waals surface area contributed by atoms with Crippen molar-refractivity contribution in [3.63, 3.8) is 0 Å². The number of hydrogen-bond acceptors (Lipinski definition) is 2. The van der Waals surface area contributed by atoms with Crippen molar-refractivity contribution in [1.29, 1.82) is 0 Å². The second kappa shape index (κ2) is 5.23. The van der Waals surface area contributed by atoms with Crippen LogP contribution in [0.5, 0.6) is 0 Å². The van der Waals surface area contributed by atoms with Crippen LogP contribution in [0, 0.1) is 18.6 Å². The fourth-order valence-electron chi connectivity index (χ4n) is 1.90. The minimum Gasteiger partial charge on any atom is -0.322 e. The molecule has 0 saturated carbocycles. The third-order valence-corrected chi connectivity index (χ3v) is 2.84. The Kier molecular flexibility index (Phi) is 3.67. The van der Waals surface area contributed by atoms with Crippen molar-refractivity contribution >= 4 is 0 Å². The van der Waals surface area contributed by atoms with Crippen molar-refractivity contribution in [3.05, 3.63) is 65.0 Å². The van der Waals surface area contributed by atoms with Crippen LogP contribution >= 0.6 is 0 Å². The van der Waals surface area contributed by atoms with Crippen LogP contribution in [0.15, 0.2) is 36.5 Å². The van der Waals surface area contributed by atoms with Crippen LogP contribution in [-0.2, 0) is 6.42 Å². The molecule has 1 aromatic carbocycles. The highest BCUT2D eigenvalue weighted by Crippen LogP contribution is 2.18. The first kappa shape index (κ1) is 12.6. The van der Waals surface area contributed by atoms with E-state index in [0.29, 0.717) is 12.0 Å².